The summed E-state index contributed by atoms with van der Waals surface area (Å²) in [5.41, 5.74) is -0.0109. The topological polar surface area (TPSA) is 94.1 Å². The highest BCUT2D eigenvalue weighted by molar-refractivity contribution is 5.89. The Bertz CT molecular complexity index is 843. The number of rotatable bonds is 9. The molecular formula is C22H29NO6. The van der Waals surface area contributed by atoms with Gasteiger partial charge in [0.1, 0.15) is 24.0 Å². The average molecular weight is 403 g/mol. The summed E-state index contributed by atoms with van der Waals surface area (Å²) < 4.78 is 16.4. The van der Waals surface area contributed by atoms with Gasteiger partial charge in [0.05, 0.1) is 6.61 Å². The molecule has 0 bridgehead atoms. The second-order valence-corrected chi connectivity index (χ2v) is 7.55. The maximum Gasteiger partial charge on any atom is 0.408 e. The number of aliphatic carboxylic acids is 1. The molecule has 2 aromatic rings. The molecule has 0 fully saturated rings. The normalized spacial score (nSPS) is 12.4. The Balaban J connectivity index is 2.29. The molecule has 0 aliphatic carbocycles. The van der Waals surface area contributed by atoms with Crippen molar-refractivity contribution in [3.63, 3.8) is 0 Å². The second kappa shape index (κ2) is 10.1. The van der Waals surface area contributed by atoms with Gasteiger partial charge >= 0.3 is 12.1 Å². The van der Waals surface area contributed by atoms with Crippen molar-refractivity contribution in [2.75, 3.05) is 19.8 Å². The van der Waals surface area contributed by atoms with Crippen LogP contribution < -0.4 is 10.1 Å². The molecular weight excluding hydrogens is 374 g/mol. The van der Waals surface area contributed by atoms with Gasteiger partial charge in [0.15, 0.2) is 0 Å². The number of benzene rings is 2. The molecule has 0 spiro atoms. The molecule has 29 heavy (non-hydrogen) atoms. The minimum atomic E-state index is -1.16. The fraction of sp³-hybridized carbons (Fsp3) is 0.455. The summed E-state index contributed by atoms with van der Waals surface area (Å²) in [6.45, 7) is 8.43. The second-order valence-electron chi connectivity index (χ2n) is 7.55. The first-order valence-corrected chi connectivity index (χ1v) is 9.64. The number of carbonyl (C=O) groups is 2. The highest BCUT2D eigenvalue weighted by Crippen LogP contribution is 2.29. The lowest BCUT2D eigenvalue weighted by molar-refractivity contribution is -0.139. The third kappa shape index (κ3) is 6.94. The third-order valence-corrected chi connectivity index (χ3v) is 4.08. The lowest BCUT2D eigenvalue weighted by Gasteiger charge is -2.23. The maximum absolute atomic E-state index is 12.1. The van der Waals surface area contributed by atoms with Crippen molar-refractivity contribution in [1.29, 1.82) is 0 Å². The van der Waals surface area contributed by atoms with E-state index in [0.29, 0.717) is 31.1 Å². The zero-order valence-corrected chi connectivity index (χ0v) is 17.4. The standard InChI is InChI=1S/C22H29NO6/c1-5-27-12-13-28-19-11-10-15-8-6-7-9-16(15)17(19)14-18(20(24)25)23-21(26)29-22(2,3)4/h6-11,18H,5,12-14H2,1-4H3,(H,23,26)(H,24,25). The molecule has 7 heteroatoms. The smallest absolute Gasteiger partial charge is 0.408 e. The molecule has 0 saturated carbocycles. The van der Waals surface area contributed by atoms with Crippen LogP contribution in [-0.4, -0.2) is 48.6 Å². The molecule has 0 aromatic heterocycles. The number of carboxylic acids is 1. The van der Waals surface area contributed by atoms with E-state index >= 15 is 0 Å². The summed E-state index contributed by atoms with van der Waals surface area (Å²) in [7, 11) is 0. The Morgan fingerprint density at radius 3 is 2.48 bits per heavy atom. The third-order valence-electron chi connectivity index (χ3n) is 4.08. The Kier molecular flexibility index (Phi) is 7.84. The predicted molar refractivity (Wildman–Crippen MR) is 110 cm³/mol. The molecule has 1 unspecified atom stereocenters. The maximum atomic E-state index is 12.1. The van der Waals surface area contributed by atoms with Crippen LogP contribution in [0.1, 0.15) is 33.3 Å². The van der Waals surface area contributed by atoms with Crippen LogP contribution in [0.2, 0.25) is 0 Å². The molecule has 0 heterocycles. The van der Waals surface area contributed by atoms with Gasteiger partial charge in [-0.15, -0.1) is 0 Å². The number of hydrogen-bond donors (Lipinski definition) is 2. The Morgan fingerprint density at radius 2 is 1.83 bits per heavy atom. The van der Waals surface area contributed by atoms with E-state index in [4.69, 9.17) is 14.2 Å². The van der Waals surface area contributed by atoms with Crippen molar-refractivity contribution in [1.82, 2.24) is 5.32 Å². The molecule has 2 N–H and O–H groups in total. The lowest BCUT2D eigenvalue weighted by Crippen LogP contribution is -2.44. The zero-order valence-electron chi connectivity index (χ0n) is 17.4. The minimum absolute atomic E-state index is 0.0555. The van der Waals surface area contributed by atoms with Crippen LogP contribution in [0, 0.1) is 0 Å². The number of ether oxygens (including phenoxy) is 3. The fourth-order valence-electron chi connectivity index (χ4n) is 2.87. The molecule has 2 aromatic carbocycles. The first-order chi connectivity index (χ1) is 13.7. The van der Waals surface area contributed by atoms with Crippen molar-refractivity contribution in [2.24, 2.45) is 0 Å². The summed E-state index contributed by atoms with van der Waals surface area (Å²) >= 11 is 0. The molecule has 0 radical (unpaired) electrons. The molecule has 158 valence electrons. The van der Waals surface area contributed by atoms with Gasteiger partial charge in [0.25, 0.3) is 0 Å². The summed E-state index contributed by atoms with van der Waals surface area (Å²) in [4.78, 5) is 23.9. The fourth-order valence-corrected chi connectivity index (χ4v) is 2.87. The summed E-state index contributed by atoms with van der Waals surface area (Å²) in [6, 6.07) is 10.2. The van der Waals surface area contributed by atoms with Crippen molar-refractivity contribution in [3.05, 3.63) is 42.0 Å². The van der Waals surface area contributed by atoms with Gasteiger partial charge in [-0.1, -0.05) is 30.3 Å². The van der Waals surface area contributed by atoms with E-state index in [2.05, 4.69) is 5.32 Å². The van der Waals surface area contributed by atoms with Crippen LogP contribution in [0.3, 0.4) is 0 Å². The number of fused-ring (bicyclic) bond motifs is 1. The van der Waals surface area contributed by atoms with Gasteiger partial charge in [0, 0.05) is 18.6 Å². The van der Waals surface area contributed by atoms with Crippen LogP contribution in [0.15, 0.2) is 36.4 Å². The van der Waals surface area contributed by atoms with E-state index in [-0.39, 0.29) is 6.42 Å². The summed E-state index contributed by atoms with van der Waals surface area (Å²) in [5.74, 6) is -0.579. The monoisotopic (exact) mass is 403 g/mol. The van der Waals surface area contributed by atoms with E-state index < -0.39 is 23.7 Å². The molecule has 2 rings (SSSR count). The quantitative estimate of drug-likeness (QED) is 0.619. The molecule has 7 nitrogen and oxygen atoms in total. The molecule has 0 aliphatic heterocycles. The number of nitrogens with one attached hydrogen (secondary N) is 1. The zero-order chi connectivity index (χ0) is 21.4. The first-order valence-electron chi connectivity index (χ1n) is 9.64. The van der Waals surface area contributed by atoms with E-state index in [1.165, 1.54) is 0 Å². The Labute approximate surface area is 171 Å². The first kappa shape index (κ1) is 22.5. The van der Waals surface area contributed by atoms with Crippen LogP contribution in [0.25, 0.3) is 10.8 Å². The van der Waals surface area contributed by atoms with Gasteiger partial charge in [-0.2, -0.15) is 0 Å². The molecule has 0 saturated heterocycles. The largest absolute Gasteiger partial charge is 0.491 e. The van der Waals surface area contributed by atoms with Crippen LogP contribution >= 0.6 is 0 Å². The van der Waals surface area contributed by atoms with Crippen molar-refractivity contribution >= 4 is 22.8 Å². The van der Waals surface area contributed by atoms with Crippen LogP contribution in [0.4, 0.5) is 4.79 Å². The van der Waals surface area contributed by atoms with Gasteiger partial charge in [-0.3, -0.25) is 0 Å². The highest BCUT2D eigenvalue weighted by Gasteiger charge is 2.26. The van der Waals surface area contributed by atoms with Gasteiger partial charge in [-0.05, 0) is 44.5 Å². The highest BCUT2D eigenvalue weighted by atomic mass is 16.6. The van der Waals surface area contributed by atoms with Crippen molar-refractivity contribution in [2.45, 2.75) is 45.8 Å². The number of amides is 1. The average Bonchev–Trinajstić information content (AvgIpc) is 2.64. The lowest BCUT2D eigenvalue weighted by atomic mass is 9.97. The minimum Gasteiger partial charge on any atom is -0.491 e. The SMILES string of the molecule is CCOCCOc1ccc2ccccc2c1CC(NC(=O)OC(C)(C)C)C(=O)O. The van der Waals surface area contributed by atoms with E-state index in [0.717, 1.165) is 10.8 Å². The predicted octanol–water partition coefficient (Wildman–Crippen LogP) is 3.78. The van der Waals surface area contributed by atoms with Gasteiger partial charge in [-0.25, -0.2) is 9.59 Å². The van der Waals surface area contributed by atoms with E-state index in [9.17, 15) is 14.7 Å². The number of carboxylic acid groups (broad SMARTS) is 1. The number of hydrogen-bond acceptors (Lipinski definition) is 5. The summed E-state index contributed by atoms with van der Waals surface area (Å²) in [6.07, 6.45) is -0.719. The number of carbonyl (C=O) groups excluding carboxylic acids is 1. The van der Waals surface area contributed by atoms with Crippen molar-refractivity contribution in [3.8, 4) is 5.75 Å². The van der Waals surface area contributed by atoms with Crippen molar-refractivity contribution < 1.29 is 28.9 Å². The van der Waals surface area contributed by atoms with Crippen LogP contribution in [-0.2, 0) is 20.7 Å². The van der Waals surface area contributed by atoms with Gasteiger partial charge in [0.2, 0.25) is 0 Å². The molecule has 1 amide bonds. The molecule has 0 aliphatic rings. The van der Waals surface area contributed by atoms with Gasteiger partial charge < -0.3 is 24.6 Å². The summed E-state index contributed by atoms with van der Waals surface area (Å²) in [5, 5.41) is 13.9. The van der Waals surface area contributed by atoms with Crippen LogP contribution in [0.5, 0.6) is 5.75 Å². The number of alkyl carbamates (subject to hydrolysis) is 1. The van der Waals surface area contributed by atoms with E-state index in [1.807, 2.05) is 43.3 Å². The Morgan fingerprint density at radius 1 is 1.10 bits per heavy atom. The Hall–Kier alpha value is -2.80. The molecule has 1 atom stereocenters. The van der Waals surface area contributed by atoms with E-state index in [1.54, 1.807) is 20.8 Å².